The van der Waals surface area contributed by atoms with E-state index in [1.165, 1.54) is 14.2 Å². The first kappa shape index (κ1) is 16.6. The maximum absolute atomic E-state index is 11.6. The molecule has 0 saturated carbocycles. The van der Waals surface area contributed by atoms with E-state index in [-0.39, 0.29) is 6.61 Å². The molecule has 0 heterocycles. The van der Waals surface area contributed by atoms with Crippen LogP contribution in [-0.4, -0.2) is 20.2 Å². The number of rotatable bonds is 5. The molecule has 0 atom stereocenters. The first-order chi connectivity index (χ1) is 10.6. The number of halogens is 2. The van der Waals surface area contributed by atoms with E-state index in [0.717, 1.165) is 5.56 Å². The molecule has 2 rings (SSSR count). The molecule has 116 valence electrons. The van der Waals surface area contributed by atoms with Crippen LogP contribution in [0.5, 0.6) is 11.5 Å². The van der Waals surface area contributed by atoms with Gasteiger partial charge in [-0.3, -0.25) is 0 Å². The average Bonchev–Trinajstić information content (AvgIpc) is 2.53. The Morgan fingerprint density at radius 2 is 1.95 bits per heavy atom. The third-order valence-electron chi connectivity index (χ3n) is 2.98. The van der Waals surface area contributed by atoms with Crippen LogP contribution >= 0.6 is 27.5 Å². The van der Waals surface area contributed by atoms with E-state index < -0.39 is 5.97 Å². The van der Waals surface area contributed by atoms with Crippen LogP contribution in [0.25, 0.3) is 0 Å². The summed E-state index contributed by atoms with van der Waals surface area (Å²) in [5.41, 5.74) is 1.23. The molecule has 2 aromatic rings. The zero-order valence-corrected chi connectivity index (χ0v) is 14.4. The minimum atomic E-state index is -0.448. The molecule has 0 aliphatic rings. The molecule has 0 radical (unpaired) electrons. The number of esters is 1. The third-order valence-corrected chi connectivity index (χ3v) is 3.94. The average molecular weight is 386 g/mol. The van der Waals surface area contributed by atoms with Gasteiger partial charge >= 0.3 is 5.97 Å². The molecular formula is C16H14BrClO4. The second kappa shape index (κ2) is 7.51. The minimum absolute atomic E-state index is 0.284. The number of ether oxygens (including phenoxy) is 3. The van der Waals surface area contributed by atoms with Gasteiger partial charge in [0.15, 0.2) is 11.5 Å². The second-order valence-electron chi connectivity index (χ2n) is 4.36. The van der Waals surface area contributed by atoms with Crippen molar-refractivity contribution in [1.29, 1.82) is 0 Å². The number of methoxy groups -OCH3 is 2. The predicted octanol–water partition coefficient (Wildman–Crippen LogP) is 4.48. The molecule has 0 bridgehead atoms. The monoisotopic (exact) mass is 384 g/mol. The lowest BCUT2D eigenvalue weighted by Gasteiger charge is -2.14. The highest BCUT2D eigenvalue weighted by Crippen LogP contribution is 2.37. The Morgan fingerprint density at radius 1 is 1.23 bits per heavy atom. The molecule has 0 aliphatic carbocycles. The van der Waals surface area contributed by atoms with Gasteiger partial charge in [-0.1, -0.05) is 29.8 Å². The fourth-order valence-electron chi connectivity index (χ4n) is 1.86. The standard InChI is InChI=1S/C16H14BrClO4/c1-20-14-8-11(16(19)21-2)7-12(17)15(14)22-9-10-5-3-4-6-13(10)18/h3-8H,9H2,1-2H3. The zero-order chi connectivity index (χ0) is 16.1. The molecule has 22 heavy (non-hydrogen) atoms. The highest BCUT2D eigenvalue weighted by molar-refractivity contribution is 9.10. The second-order valence-corrected chi connectivity index (χ2v) is 5.62. The van der Waals surface area contributed by atoms with Crippen LogP contribution in [-0.2, 0) is 11.3 Å². The molecule has 4 nitrogen and oxygen atoms in total. The van der Waals surface area contributed by atoms with Crippen molar-refractivity contribution < 1.29 is 19.0 Å². The van der Waals surface area contributed by atoms with Crippen molar-refractivity contribution in [2.75, 3.05) is 14.2 Å². The summed E-state index contributed by atoms with van der Waals surface area (Å²) < 4.78 is 16.4. The maximum atomic E-state index is 11.6. The molecule has 2 aromatic carbocycles. The van der Waals surface area contributed by atoms with E-state index in [4.69, 9.17) is 25.8 Å². The van der Waals surface area contributed by atoms with Gasteiger partial charge in [0, 0.05) is 10.6 Å². The van der Waals surface area contributed by atoms with Crippen molar-refractivity contribution >= 4 is 33.5 Å². The van der Waals surface area contributed by atoms with Gasteiger partial charge in [0.1, 0.15) is 6.61 Å². The Bertz CT molecular complexity index is 688. The predicted molar refractivity (Wildman–Crippen MR) is 87.8 cm³/mol. The van der Waals surface area contributed by atoms with Gasteiger partial charge in [-0.15, -0.1) is 0 Å². The van der Waals surface area contributed by atoms with Crippen LogP contribution in [0.2, 0.25) is 5.02 Å². The van der Waals surface area contributed by atoms with Gasteiger partial charge < -0.3 is 14.2 Å². The Morgan fingerprint density at radius 3 is 2.59 bits per heavy atom. The summed E-state index contributed by atoms with van der Waals surface area (Å²) in [5.74, 6) is 0.480. The summed E-state index contributed by atoms with van der Waals surface area (Å²) in [5, 5.41) is 0.628. The SMILES string of the molecule is COC(=O)c1cc(Br)c(OCc2ccccc2Cl)c(OC)c1. The number of carbonyl (C=O) groups excluding carboxylic acids is 1. The lowest BCUT2D eigenvalue weighted by Crippen LogP contribution is -2.04. The van der Waals surface area contributed by atoms with E-state index in [9.17, 15) is 4.79 Å². The van der Waals surface area contributed by atoms with Gasteiger partial charge in [-0.25, -0.2) is 4.79 Å². The Labute approximate surface area is 142 Å². The first-order valence-electron chi connectivity index (χ1n) is 6.39. The van der Waals surface area contributed by atoms with Crippen molar-refractivity contribution in [3.05, 3.63) is 57.0 Å². The normalized spacial score (nSPS) is 10.2. The molecule has 0 aliphatic heterocycles. The van der Waals surface area contributed by atoms with Crippen molar-refractivity contribution in [3.63, 3.8) is 0 Å². The van der Waals surface area contributed by atoms with Gasteiger partial charge in [0.05, 0.1) is 24.3 Å². The molecule has 0 N–H and O–H groups in total. The summed E-state index contributed by atoms with van der Waals surface area (Å²) in [4.78, 5) is 11.6. The molecule has 0 amide bonds. The summed E-state index contributed by atoms with van der Waals surface area (Å²) >= 11 is 9.49. The Kier molecular flexibility index (Phi) is 5.69. The van der Waals surface area contributed by atoms with Crippen LogP contribution in [0.15, 0.2) is 40.9 Å². The quantitative estimate of drug-likeness (QED) is 0.712. The number of hydrogen-bond acceptors (Lipinski definition) is 4. The van der Waals surface area contributed by atoms with Crippen LogP contribution < -0.4 is 9.47 Å². The lowest BCUT2D eigenvalue weighted by molar-refractivity contribution is 0.0600. The summed E-state index contributed by atoms with van der Waals surface area (Å²) in [7, 11) is 2.83. The van der Waals surface area contributed by atoms with Crippen molar-refractivity contribution in [3.8, 4) is 11.5 Å². The highest BCUT2D eigenvalue weighted by Gasteiger charge is 2.16. The van der Waals surface area contributed by atoms with Crippen molar-refractivity contribution in [2.45, 2.75) is 6.61 Å². The van der Waals surface area contributed by atoms with E-state index in [0.29, 0.717) is 26.6 Å². The van der Waals surface area contributed by atoms with E-state index in [1.807, 2.05) is 18.2 Å². The van der Waals surface area contributed by atoms with Crippen LogP contribution in [0, 0.1) is 0 Å². The van der Waals surface area contributed by atoms with Crippen LogP contribution in [0.3, 0.4) is 0 Å². The highest BCUT2D eigenvalue weighted by atomic mass is 79.9. The number of benzene rings is 2. The van der Waals surface area contributed by atoms with E-state index >= 15 is 0 Å². The molecule has 0 saturated heterocycles. The summed E-state index contributed by atoms with van der Waals surface area (Å²) in [6.07, 6.45) is 0. The van der Waals surface area contributed by atoms with Crippen LogP contribution in [0.1, 0.15) is 15.9 Å². The van der Waals surface area contributed by atoms with Gasteiger partial charge in [-0.05, 0) is 34.1 Å². The minimum Gasteiger partial charge on any atom is -0.493 e. The maximum Gasteiger partial charge on any atom is 0.338 e. The van der Waals surface area contributed by atoms with Gasteiger partial charge in [0.25, 0.3) is 0 Å². The van der Waals surface area contributed by atoms with E-state index in [1.54, 1.807) is 18.2 Å². The molecule has 0 unspecified atom stereocenters. The summed E-state index contributed by atoms with van der Waals surface area (Å²) in [6.45, 7) is 0.284. The topological polar surface area (TPSA) is 44.8 Å². The van der Waals surface area contributed by atoms with Gasteiger partial charge in [-0.2, -0.15) is 0 Å². The fraction of sp³-hybridized carbons (Fsp3) is 0.188. The Balaban J connectivity index is 2.27. The first-order valence-corrected chi connectivity index (χ1v) is 7.56. The number of hydrogen-bond donors (Lipinski definition) is 0. The lowest BCUT2D eigenvalue weighted by atomic mass is 10.2. The summed E-state index contributed by atoms with van der Waals surface area (Å²) in [6, 6.07) is 10.6. The fourth-order valence-corrected chi connectivity index (χ4v) is 2.61. The molecule has 0 aromatic heterocycles. The largest absolute Gasteiger partial charge is 0.493 e. The van der Waals surface area contributed by atoms with Crippen molar-refractivity contribution in [2.24, 2.45) is 0 Å². The zero-order valence-electron chi connectivity index (χ0n) is 12.1. The van der Waals surface area contributed by atoms with Gasteiger partial charge in [0.2, 0.25) is 0 Å². The molecule has 0 fully saturated rings. The third kappa shape index (κ3) is 3.72. The number of carbonyl (C=O) groups is 1. The van der Waals surface area contributed by atoms with Crippen molar-refractivity contribution in [1.82, 2.24) is 0 Å². The molecular weight excluding hydrogens is 372 g/mol. The molecule has 6 heteroatoms. The van der Waals surface area contributed by atoms with Crippen LogP contribution in [0.4, 0.5) is 0 Å². The smallest absolute Gasteiger partial charge is 0.338 e. The van der Waals surface area contributed by atoms with E-state index in [2.05, 4.69) is 15.9 Å². The molecule has 0 spiro atoms. The Hall–Kier alpha value is -1.72.